The van der Waals surface area contributed by atoms with Gasteiger partial charge in [-0.15, -0.1) is 0 Å². The van der Waals surface area contributed by atoms with Gasteiger partial charge in [0.25, 0.3) is 0 Å². The zero-order valence-electron chi connectivity index (χ0n) is 17.4. The number of aromatic nitrogens is 2. The van der Waals surface area contributed by atoms with Crippen molar-refractivity contribution in [3.63, 3.8) is 0 Å². The van der Waals surface area contributed by atoms with Gasteiger partial charge in [-0.2, -0.15) is 5.26 Å². The summed E-state index contributed by atoms with van der Waals surface area (Å²) in [5, 5.41) is 14.4. The molecule has 0 saturated carbocycles. The van der Waals surface area contributed by atoms with Crippen molar-refractivity contribution in [3.05, 3.63) is 36.3 Å². The molecule has 1 aromatic carbocycles. The number of piperidine rings is 1. The van der Waals surface area contributed by atoms with Crippen LogP contribution in [0.4, 0.5) is 11.5 Å². The summed E-state index contributed by atoms with van der Waals surface area (Å²) in [6, 6.07) is 6.99. The fourth-order valence-electron chi connectivity index (χ4n) is 3.40. The first-order valence-corrected chi connectivity index (χ1v) is 9.83. The number of carbonyl (C=O) groups is 2. The zero-order chi connectivity index (χ0) is 22.2. The lowest BCUT2D eigenvalue weighted by Gasteiger charge is -2.32. The normalized spacial score (nSPS) is 13.8. The van der Waals surface area contributed by atoms with E-state index in [0.717, 1.165) is 12.8 Å². The molecule has 2 N–H and O–H groups in total. The number of methoxy groups -OCH3 is 2. The van der Waals surface area contributed by atoms with Gasteiger partial charge in [-0.1, -0.05) is 0 Å². The zero-order valence-corrected chi connectivity index (χ0v) is 17.4. The Morgan fingerprint density at radius 3 is 2.58 bits per heavy atom. The predicted molar refractivity (Wildman–Crippen MR) is 113 cm³/mol. The van der Waals surface area contributed by atoms with E-state index in [4.69, 9.17) is 9.47 Å². The lowest BCUT2D eigenvalue weighted by molar-refractivity contribution is -0.136. The molecule has 1 aliphatic rings. The molecule has 31 heavy (non-hydrogen) atoms. The maximum Gasteiger partial charge on any atom is 0.313 e. The second-order valence-corrected chi connectivity index (χ2v) is 7.00. The van der Waals surface area contributed by atoms with E-state index >= 15 is 0 Å². The molecule has 2 amide bonds. The number of hydrogen-bond donors (Lipinski definition) is 2. The summed E-state index contributed by atoms with van der Waals surface area (Å²) in [5.74, 6) is 0.275. The van der Waals surface area contributed by atoms with Gasteiger partial charge >= 0.3 is 11.8 Å². The molecule has 1 fully saturated rings. The second-order valence-electron chi connectivity index (χ2n) is 7.00. The van der Waals surface area contributed by atoms with Crippen LogP contribution in [0.2, 0.25) is 0 Å². The summed E-state index contributed by atoms with van der Waals surface area (Å²) in [6.45, 7) is 1.78. The average molecular weight is 424 g/mol. The highest BCUT2D eigenvalue weighted by Gasteiger charge is 2.24. The molecule has 0 aliphatic carbocycles. The largest absolute Gasteiger partial charge is 0.497 e. The molecule has 0 unspecified atom stereocenters. The van der Waals surface area contributed by atoms with Gasteiger partial charge in [0, 0.05) is 38.1 Å². The third-order valence-electron chi connectivity index (χ3n) is 5.11. The Hall–Kier alpha value is -3.87. The number of ether oxygens (including phenoxy) is 2. The minimum Gasteiger partial charge on any atom is -0.497 e. The molecule has 162 valence electrons. The smallest absolute Gasteiger partial charge is 0.313 e. The molecule has 1 aliphatic heterocycles. The van der Waals surface area contributed by atoms with Crippen LogP contribution in [0.1, 0.15) is 18.5 Å². The average Bonchev–Trinajstić information content (AvgIpc) is 2.82. The first kappa shape index (κ1) is 21.8. The van der Waals surface area contributed by atoms with Crippen LogP contribution in [-0.2, 0) is 9.59 Å². The minimum atomic E-state index is -0.776. The van der Waals surface area contributed by atoms with Gasteiger partial charge in [0.05, 0.1) is 19.9 Å². The Morgan fingerprint density at radius 1 is 1.16 bits per heavy atom. The number of hydrogen-bond acceptors (Lipinski definition) is 8. The Kier molecular flexibility index (Phi) is 7.22. The molecule has 10 heteroatoms. The number of rotatable bonds is 6. The molecule has 1 saturated heterocycles. The van der Waals surface area contributed by atoms with Crippen LogP contribution >= 0.6 is 0 Å². The number of nitriles is 1. The van der Waals surface area contributed by atoms with Gasteiger partial charge in [-0.25, -0.2) is 9.97 Å². The number of carbonyl (C=O) groups excluding carboxylic acids is 2. The van der Waals surface area contributed by atoms with E-state index < -0.39 is 11.8 Å². The van der Waals surface area contributed by atoms with Crippen molar-refractivity contribution in [1.29, 1.82) is 5.26 Å². The van der Waals surface area contributed by atoms with E-state index in [1.165, 1.54) is 20.4 Å². The van der Waals surface area contributed by atoms with Crippen LogP contribution in [0.25, 0.3) is 0 Å². The van der Waals surface area contributed by atoms with Crippen LogP contribution < -0.4 is 25.0 Å². The molecule has 1 aromatic heterocycles. The van der Waals surface area contributed by atoms with Gasteiger partial charge < -0.3 is 25.0 Å². The second kappa shape index (κ2) is 10.2. The summed E-state index contributed by atoms with van der Waals surface area (Å²) in [7, 11) is 2.99. The highest BCUT2D eigenvalue weighted by Crippen LogP contribution is 2.29. The third-order valence-corrected chi connectivity index (χ3v) is 5.11. The number of anilines is 2. The molecule has 0 bridgehead atoms. The van der Waals surface area contributed by atoms with Gasteiger partial charge in [0.1, 0.15) is 17.6 Å². The lowest BCUT2D eigenvalue weighted by Crippen LogP contribution is -2.42. The van der Waals surface area contributed by atoms with E-state index in [9.17, 15) is 14.9 Å². The van der Waals surface area contributed by atoms with Crippen LogP contribution in [0.15, 0.2) is 30.6 Å². The number of amides is 2. The van der Waals surface area contributed by atoms with Crippen LogP contribution in [0.3, 0.4) is 0 Å². The first-order valence-electron chi connectivity index (χ1n) is 9.83. The molecule has 2 aromatic rings. The van der Waals surface area contributed by atoms with E-state index in [-0.39, 0.29) is 5.92 Å². The molecular weight excluding hydrogens is 400 g/mol. The third kappa shape index (κ3) is 5.39. The Morgan fingerprint density at radius 2 is 1.90 bits per heavy atom. The maximum atomic E-state index is 12.3. The summed E-state index contributed by atoms with van der Waals surface area (Å²) in [4.78, 5) is 34.9. The van der Waals surface area contributed by atoms with Crippen molar-refractivity contribution in [3.8, 4) is 17.6 Å². The molecule has 10 nitrogen and oxygen atoms in total. The van der Waals surface area contributed by atoms with Crippen molar-refractivity contribution < 1.29 is 19.1 Å². The number of nitrogens with one attached hydrogen (secondary N) is 2. The Bertz CT molecular complexity index is 982. The van der Waals surface area contributed by atoms with E-state index in [1.807, 2.05) is 4.90 Å². The molecule has 0 radical (unpaired) electrons. The van der Waals surface area contributed by atoms with Crippen LogP contribution in [0.5, 0.6) is 11.5 Å². The summed E-state index contributed by atoms with van der Waals surface area (Å²) >= 11 is 0. The minimum absolute atomic E-state index is 0.224. The molecule has 3 rings (SSSR count). The van der Waals surface area contributed by atoms with Gasteiger partial charge in [-0.3, -0.25) is 9.59 Å². The van der Waals surface area contributed by atoms with E-state index in [0.29, 0.717) is 48.3 Å². The summed E-state index contributed by atoms with van der Waals surface area (Å²) < 4.78 is 10.3. The lowest BCUT2D eigenvalue weighted by atomic mass is 9.96. The van der Waals surface area contributed by atoms with Gasteiger partial charge in [0.15, 0.2) is 11.5 Å². The van der Waals surface area contributed by atoms with Crippen molar-refractivity contribution in [2.24, 2.45) is 5.92 Å². The number of nitrogens with zero attached hydrogens (tertiary/aromatic N) is 4. The topological polar surface area (TPSA) is 129 Å². The van der Waals surface area contributed by atoms with Crippen molar-refractivity contribution in [1.82, 2.24) is 15.3 Å². The van der Waals surface area contributed by atoms with Gasteiger partial charge in [-0.05, 0) is 30.9 Å². The number of benzene rings is 1. The van der Waals surface area contributed by atoms with Crippen molar-refractivity contribution in [2.45, 2.75) is 12.8 Å². The standard InChI is InChI=1S/C21H24N6O4/c1-30-15-3-4-18(31-2)16(11-15)26-21(29)20(28)25-13-14-5-9-27(10-6-14)19-17(12-22)23-7-8-24-19/h3-4,7-8,11,14H,5-6,9-10,13H2,1-2H3,(H,25,28)(H,26,29). The summed E-state index contributed by atoms with van der Waals surface area (Å²) in [5.41, 5.74) is 0.659. The fraction of sp³-hybridized carbons (Fsp3) is 0.381. The van der Waals surface area contributed by atoms with Crippen molar-refractivity contribution >= 4 is 23.3 Å². The molecule has 2 heterocycles. The SMILES string of the molecule is COc1ccc(OC)c(NC(=O)C(=O)NCC2CCN(c3nccnc3C#N)CC2)c1. The quantitative estimate of drug-likeness (QED) is 0.665. The Balaban J connectivity index is 1.49. The van der Waals surface area contributed by atoms with E-state index in [2.05, 4.69) is 26.7 Å². The van der Waals surface area contributed by atoms with Gasteiger partial charge in [0.2, 0.25) is 0 Å². The predicted octanol–water partition coefficient (Wildman–Crippen LogP) is 1.34. The first-order chi connectivity index (χ1) is 15.0. The van der Waals surface area contributed by atoms with Crippen LogP contribution in [-0.4, -0.2) is 55.6 Å². The Labute approximate surface area is 180 Å². The van der Waals surface area contributed by atoms with E-state index in [1.54, 1.807) is 24.4 Å². The fourth-order valence-corrected chi connectivity index (χ4v) is 3.40. The highest BCUT2D eigenvalue weighted by molar-refractivity contribution is 6.39. The van der Waals surface area contributed by atoms with Crippen molar-refractivity contribution in [2.75, 3.05) is 44.1 Å². The maximum absolute atomic E-state index is 12.3. The molecular formula is C21H24N6O4. The monoisotopic (exact) mass is 424 g/mol. The summed E-state index contributed by atoms with van der Waals surface area (Å²) in [6.07, 6.45) is 4.66. The van der Waals surface area contributed by atoms with Crippen LogP contribution in [0, 0.1) is 17.2 Å². The highest BCUT2D eigenvalue weighted by atomic mass is 16.5. The molecule has 0 spiro atoms. The molecule has 0 atom stereocenters.